The zero-order chi connectivity index (χ0) is 55.5. The Hall–Kier alpha value is -10.6. The van der Waals surface area contributed by atoms with Gasteiger partial charge in [-0.3, -0.25) is 0 Å². The molecule has 0 spiro atoms. The van der Waals surface area contributed by atoms with E-state index in [-0.39, 0.29) is 5.41 Å². The first kappa shape index (κ1) is 49.5. The molecule has 2 aromatic heterocycles. The quantitative estimate of drug-likeness (QED) is 0.128. The van der Waals surface area contributed by atoms with Gasteiger partial charge in [0.25, 0.3) is 0 Å². The second-order valence-electron chi connectivity index (χ2n) is 21.9. The number of hydrogen-bond acceptors (Lipinski definition) is 6. The molecule has 6 nitrogen and oxygen atoms in total. The average Bonchev–Trinajstić information content (AvgIpc) is 1.95. The molecule has 0 aliphatic heterocycles. The van der Waals surface area contributed by atoms with Crippen molar-refractivity contribution in [1.29, 1.82) is 0 Å². The van der Waals surface area contributed by atoms with Crippen LogP contribution in [0, 0.1) is 6.92 Å². The summed E-state index contributed by atoms with van der Waals surface area (Å²) in [6, 6.07) is 99.4. The third-order valence-corrected chi connectivity index (χ3v) is 17.1. The van der Waals surface area contributed by atoms with E-state index >= 15 is 0 Å². The van der Waals surface area contributed by atoms with Crippen LogP contribution in [0.4, 0.5) is 0 Å². The minimum Gasteiger partial charge on any atom is -0.208 e. The lowest BCUT2D eigenvalue weighted by atomic mass is 9.67. The standard InChI is InChI=1S/C77H54N6/c1-50-40-44-58(45-41-50)77(65-37-18-16-33-61(65)69-63(35-21-39-67(69)77)75-80-70(53-23-7-3-8-24-53)78-71(81-75)54-25-9-4-10-26-54)59-46-42-51(43-47-59)48-52-22-19-29-56(49-52)73-79-72(55-27-11-5-12-28-55)82-74(83-73)62-34-20-38-66-68(62)60-32-15-17-36-64(60)76(66,2)57-30-13-6-14-31-57/h3-47,49H,48H2,1-2H3. The second-order valence-corrected chi connectivity index (χ2v) is 21.9. The molecular formula is C77H54N6. The minimum absolute atomic E-state index is 0.359. The molecule has 0 N–H and O–H groups in total. The van der Waals surface area contributed by atoms with Crippen molar-refractivity contribution in [2.24, 2.45) is 0 Å². The Morgan fingerprint density at radius 2 is 0.663 bits per heavy atom. The first-order valence-corrected chi connectivity index (χ1v) is 28.4. The van der Waals surface area contributed by atoms with Crippen LogP contribution in [0.3, 0.4) is 0 Å². The maximum atomic E-state index is 5.38. The van der Waals surface area contributed by atoms with Crippen LogP contribution in [-0.2, 0) is 17.3 Å². The van der Waals surface area contributed by atoms with E-state index in [1.54, 1.807) is 0 Å². The van der Waals surface area contributed by atoms with Gasteiger partial charge in [0.15, 0.2) is 34.9 Å². The van der Waals surface area contributed by atoms with Crippen molar-refractivity contribution in [1.82, 2.24) is 29.9 Å². The SMILES string of the molecule is Cc1ccc(C2(c3ccc(Cc4cccc(-c5nc(-c6ccccc6)nc(-c6cccc7c6-c6ccccc6C7(C)c6ccccc6)n5)c4)cc3)c3ccccc3-c3c(-c4nc(-c5ccccc5)nc(-c5ccccc5)n4)cccc32)cc1. The predicted octanol–water partition coefficient (Wildman–Crippen LogP) is 17.7. The fraction of sp³-hybridized carbons (Fsp3) is 0.0649. The highest BCUT2D eigenvalue weighted by atomic mass is 15.0. The molecule has 0 saturated heterocycles. The molecule has 2 atom stereocenters. The van der Waals surface area contributed by atoms with Crippen molar-refractivity contribution in [3.05, 3.63) is 335 Å². The van der Waals surface area contributed by atoms with Crippen LogP contribution in [0.1, 0.15) is 62.6 Å². The van der Waals surface area contributed by atoms with Crippen molar-refractivity contribution < 1.29 is 0 Å². The Kier molecular flexibility index (Phi) is 12.0. The van der Waals surface area contributed by atoms with Gasteiger partial charge < -0.3 is 0 Å². The number of aromatic nitrogens is 6. The molecular weight excluding hydrogens is 1010 g/mol. The van der Waals surface area contributed by atoms with Crippen LogP contribution in [0.5, 0.6) is 0 Å². The first-order chi connectivity index (χ1) is 40.9. The maximum absolute atomic E-state index is 5.38. The number of benzene rings is 11. The highest BCUT2D eigenvalue weighted by molar-refractivity contribution is 5.95. The highest BCUT2D eigenvalue weighted by Crippen LogP contribution is 2.59. The van der Waals surface area contributed by atoms with Gasteiger partial charge >= 0.3 is 0 Å². The number of aryl methyl sites for hydroxylation is 1. The van der Waals surface area contributed by atoms with Crippen LogP contribution in [0.2, 0.25) is 0 Å². The molecule has 2 aliphatic rings. The molecule has 0 radical (unpaired) electrons. The summed E-state index contributed by atoms with van der Waals surface area (Å²) in [7, 11) is 0. The van der Waals surface area contributed by atoms with Gasteiger partial charge in [-0.2, -0.15) is 0 Å². The zero-order valence-electron chi connectivity index (χ0n) is 45.9. The molecule has 0 amide bonds. The smallest absolute Gasteiger partial charge is 0.164 e. The summed E-state index contributed by atoms with van der Waals surface area (Å²) in [5.74, 6) is 3.80. The Labute approximate surface area is 483 Å². The van der Waals surface area contributed by atoms with Gasteiger partial charge in [0, 0.05) is 38.8 Å². The van der Waals surface area contributed by atoms with E-state index in [1.807, 2.05) is 54.6 Å². The Balaban J connectivity index is 0.822. The van der Waals surface area contributed by atoms with Gasteiger partial charge in [-0.1, -0.05) is 279 Å². The minimum atomic E-state index is -0.653. The van der Waals surface area contributed by atoms with Crippen molar-refractivity contribution in [2.45, 2.75) is 31.1 Å². The van der Waals surface area contributed by atoms with Gasteiger partial charge in [-0.15, -0.1) is 0 Å². The number of rotatable bonds is 11. The molecule has 2 aliphatic carbocycles. The van der Waals surface area contributed by atoms with Crippen molar-refractivity contribution in [3.8, 4) is 90.6 Å². The topological polar surface area (TPSA) is 77.3 Å². The summed E-state index contributed by atoms with van der Waals surface area (Å²) in [6.45, 7) is 4.50. The van der Waals surface area contributed by atoms with Crippen LogP contribution in [0.25, 0.3) is 90.6 Å². The van der Waals surface area contributed by atoms with E-state index in [0.717, 1.165) is 55.6 Å². The van der Waals surface area contributed by atoms with E-state index in [4.69, 9.17) is 29.9 Å². The highest BCUT2D eigenvalue weighted by Gasteiger charge is 2.47. The summed E-state index contributed by atoms with van der Waals surface area (Å²) >= 11 is 0. The molecule has 2 heterocycles. The summed E-state index contributed by atoms with van der Waals surface area (Å²) in [5.41, 5.74) is 21.4. The van der Waals surface area contributed by atoms with E-state index < -0.39 is 5.41 Å². The second kappa shape index (κ2) is 20.2. The Morgan fingerprint density at radius 3 is 1.22 bits per heavy atom. The predicted molar refractivity (Wildman–Crippen MR) is 335 cm³/mol. The number of hydrogen-bond donors (Lipinski definition) is 0. The van der Waals surface area contributed by atoms with E-state index in [2.05, 4.69) is 238 Å². The fourth-order valence-corrected chi connectivity index (χ4v) is 13.1. The molecule has 392 valence electrons. The molecule has 0 saturated carbocycles. The Bertz CT molecular complexity index is 4530. The normalized spacial score (nSPS) is 15.5. The molecule has 2 unspecified atom stereocenters. The molecule has 15 rings (SSSR count). The molecule has 0 fully saturated rings. The molecule has 6 heteroatoms. The van der Waals surface area contributed by atoms with E-state index in [0.29, 0.717) is 41.4 Å². The van der Waals surface area contributed by atoms with Crippen LogP contribution in [0.15, 0.2) is 279 Å². The summed E-state index contributed by atoms with van der Waals surface area (Å²) < 4.78 is 0. The van der Waals surface area contributed by atoms with Crippen molar-refractivity contribution in [2.75, 3.05) is 0 Å². The molecule has 11 aromatic carbocycles. The van der Waals surface area contributed by atoms with Gasteiger partial charge in [-0.25, -0.2) is 29.9 Å². The summed E-state index contributed by atoms with van der Waals surface area (Å²) in [6.07, 6.45) is 0.709. The largest absolute Gasteiger partial charge is 0.208 e. The van der Waals surface area contributed by atoms with E-state index in [9.17, 15) is 0 Å². The van der Waals surface area contributed by atoms with Crippen LogP contribution in [-0.4, -0.2) is 29.9 Å². The lowest BCUT2D eigenvalue weighted by Gasteiger charge is -2.34. The van der Waals surface area contributed by atoms with Crippen molar-refractivity contribution in [3.63, 3.8) is 0 Å². The average molecular weight is 1060 g/mol. The lowest BCUT2D eigenvalue weighted by Crippen LogP contribution is -2.28. The molecule has 13 aromatic rings. The van der Waals surface area contributed by atoms with Crippen LogP contribution < -0.4 is 0 Å². The Morgan fingerprint density at radius 1 is 0.277 bits per heavy atom. The van der Waals surface area contributed by atoms with Gasteiger partial charge in [0.2, 0.25) is 0 Å². The van der Waals surface area contributed by atoms with Crippen LogP contribution >= 0.6 is 0 Å². The fourth-order valence-electron chi connectivity index (χ4n) is 13.1. The van der Waals surface area contributed by atoms with Crippen molar-refractivity contribution >= 4 is 0 Å². The van der Waals surface area contributed by atoms with Gasteiger partial charge in [-0.05, 0) is 98.7 Å². The lowest BCUT2D eigenvalue weighted by molar-refractivity contribution is 0.714. The summed E-state index contributed by atoms with van der Waals surface area (Å²) in [5, 5.41) is 0. The maximum Gasteiger partial charge on any atom is 0.164 e. The zero-order valence-corrected chi connectivity index (χ0v) is 45.9. The molecule has 0 bridgehead atoms. The van der Waals surface area contributed by atoms with Gasteiger partial charge in [0.05, 0.1) is 5.41 Å². The first-order valence-electron chi connectivity index (χ1n) is 28.4. The monoisotopic (exact) mass is 1060 g/mol. The summed E-state index contributed by atoms with van der Waals surface area (Å²) in [4.78, 5) is 31.5. The van der Waals surface area contributed by atoms with Gasteiger partial charge in [0.1, 0.15) is 0 Å². The molecule has 83 heavy (non-hydrogen) atoms. The third-order valence-electron chi connectivity index (χ3n) is 17.1. The number of fused-ring (bicyclic) bond motifs is 6. The van der Waals surface area contributed by atoms with E-state index in [1.165, 1.54) is 55.6 Å². The number of nitrogens with zero attached hydrogens (tertiary/aromatic N) is 6. The third kappa shape index (κ3) is 8.32.